The monoisotopic (exact) mass is 334 g/mol. The van der Waals surface area contributed by atoms with Crippen molar-refractivity contribution in [2.45, 2.75) is 71.6 Å². The van der Waals surface area contributed by atoms with Gasteiger partial charge in [-0.3, -0.25) is 4.79 Å². The lowest BCUT2D eigenvalue weighted by atomic mass is 9.70. The molecule has 0 spiro atoms. The van der Waals surface area contributed by atoms with Crippen LogP contribution >= 0.6 is 0 Å². The third-order valence-electron chi connectivity index (χ3n) is 4.49. The molecule has 0 radical (unpaired) electrons. The summed E-state index contributed by atoms with van der Waals surface area (Å²) in [7, 11) is 0. The molecule has 3 unspecified atom stereocenters. The fraction of sp³-hybridized carbons (Fsp3) is 0.650. The normalized spacial score (nSPS) is 17.4. The molecule has 0 aromatic heterocycles. The van der Waals surface area contributed by atoms with Crippen molar-refractivity contribution in [1.29, 1.82) is 0 Å². The number of rotatable bonds is 8. The van der Waals surface area contributed by atoms with Gasteiger partial charge in [0.2, 0.25) is 0 Å². The Hall–Kier alpha value is -1.23. The van der Waals surface area contributed by atoms with Crippen molar-refractivity contribution in [3.8, 4) is 0 Å². The lowest BCUT2D eigenvalue weighted by molar-refractivity contribution is -0.137. The molecule has 4 nitrogen and oxygen atoms in total. The maximum atomic E-state index is 13.0. The average molecular weight is 335 g/mol. The van der Waals surface area contributed by atoms with E-state index < -0.39 is 23.1 Å². The second-order valence-electron chi connectivity index (χ2n) is 8.35. The first-order valence-electron chi connectivity index (χ1n) is 8.80. The zero-order chi connectivity index (χ0) is 18.5. The summed E-state index contributed by atoms with van der Waals surface area (Å²) >= 11 is 0. The van der Waals surface area contributed by atoms with Gasteiger partial charge in [0.15, 0.2) is 5.78 Å². The molecule has 0 heterocycles. The van der Waals surface area contributed by atoms with Crippen LogP contribution in [0.15, 0.2) is 30.3 Å². The molecule has 0 amide bonds. The van der Waals surface area contributed by atoms with Crippen molar-refractivity contribution >= 4 is 5.78 Å². The number of nitrogens with two attached hydrogens (primary N) is 2. The summed E-state index contributed by atoms with van der Waals surface area (Å²) in [5.74, 6) is 0.268. The Balaban J connectivity index is 3.01. The van der Waals surface area contributed by atoms with Gasteiger partial charge >= 0.3 is 0 Å². The van der Waals surface area contributed by atoms with Gasteiger partial charge < -0.3 is 16.6 Å². The molecule has 3 atom stereocenters. The standard InChI is InChI=1S/C20H34N2O2/c1-14(2)11-12-20(22,18(24)19(3,4)5)17(23)16(21)13-15-9-7-6-8-10-15/h6-10,14,16-17,23H,11-13,21-22H2,1-5H3. The summed E-state index contributed by atoms with van der Waals surface area (Å²) in [6.45, 7) is 9.67. The van der Waals surface area contributed by atoms with Crippen molar-refractivity contribution in [3.63, 3.8) is 0 Å². The third kappa shape index (κ3) is 5.40. The minimum absolute atomic E-state index is 0.133. The fourth-order valence-electron chi connectivity index (χ4n) is 3.00. The Morgan fingerprint density at radius 2 is 1.71 bits per heavy atom. The molecule has 136 valence electrons. The highest BCUT2D eigenvalue weighted by Crippen LogP contribution is 2.30. The van der Waals surface area contributed by atoms with Gasteiger partial charge in [-0.1, -0.05) is 65.0 Å². The molecular formula is C20H34N2O2. The first-order valence-corrected chi connectivity index (χ1v) is 8.80. The molecule has 5 N–H and O–H groups in total. The Labute approximate surface area is 146 Å². The van der Waals surface area contributed by atoms with Crippen LogP contribution in [0.2, 0.25) is 0 Å². The number of benzene rings is 1. The lowest BCUT2D eigenvalue weighted by Gasteiger charge is -2.40. The molecular weight excluding hydrogens is 300 g/mol. The minimum atomic E-state index is -1.32. The highest BCUT2D eigenvalue weighted by molar-refractivity contribution is 5.93. The van der Waals surface area contributed by atoms with Gasteiger partial charge in [-0.2, -0.15) is 0 Å². The van der Waals surface area contributed by atoms with Crippen LogP contribution in [0, 0.1) is 11.3 Å². The van der Waals surface area contributed by atoms with Gasteiger partial charge in [0.1, 0.15) is 5.54 Å². The third-order valence-corrected chi connectivity index (χ3v) is 4.49. The summed E-state index contributed by atoms with van der Waals surface area (Å²) < 4.78 is 0. The predicted octanol–water partition coefficient (Wildman–Crippen LogP) is 2.67. The quantitative estimate of drug-likeness (QED) is 0.682. The lowest BCUT2D eigenvalue weighted by Crippen LogP contribution is -2.65. The number of aliphatic hydroxyl groups excluding tert-OH is 1. The number of hydrogen-bond donors (Lipinski definition) is 3. The molecule has 24 heavy (non-hydrogen) atoms. The van der Waals surface area contributed by atoms with Gasteiger partial charge in [-0.05, 0) is 30.7 Å². The highest BCUT2D eigenvalue weighted by Gasteiger charge is 2.47. The van der Waals surface area contributed by atoms with E-state index in [9.17, 15) is 9.90 Å². The summed E-state index contributed by atoms with van der Waals surface area (Å²) in [4.78, 5) is 13.0. The smallest absolute Gasteiger partial charge is 0.160 e. The van der Waals surface area contributed by atoms with Crippen LogP contribution in [0.4, 0.5) is 0 Å². The van der Waals surface area contributed by atoms with Crippen molar-refractivity contribution in [2.24, 2.45) is 22.8 Å². The van der Waals surface area contributed by atoms with Crippen LogP contribution in [0.1, 0.15) is 53.0 Å². The van der Waals surface area contributed by atoms with Crippen LogP contribution in [0.5, 0.6) is 0 Å². The average Bonchev–Trinajstić information content (AvgIpc) is 2.51. The summed E-state index contributed by atoms with van der Waals surface area (Å²) in [6, 6.07) is 9.14. The number of hydrogen-bond acceptors (Lipinski definition) is 4. The Kier molecular flexibility index (Phi) is 7.14. The maximum Gasteiger partial charge on any atom is 0.160 e. The Morgan fingerprint density at radius 1 is 1.17 bits per heavy atom. The van der Waals surface area contributed by atoms with E-state index in [-0.39, 0.29) is 5.78 Å². The molecule has 1 rings (SSSR count). The number of carbonyl (C=O) groups is 1. The SMILES string of the molecule is CC(C)CCC(N)(C(=O)C(C)(C)C)C(O)C(N)Cc1ccccc1. The topological polar surface area (TPSA) is 89.3 Å². The number of Topliss-reactive ketones (excluding diaryl/α,β-unsaturated/α-hetero) is 1. The zero-order valence-corrected chi connectivity index (χ0v) is 15.8. The Bertz CT molecular complexity index is 522. The van der Waals surface area contributed by atoms with Crippen LogP contribution in [-0.2, 0) is 11.2 Å². The largest absolute Gasteiger partial charge is 0.389 e. The van der Waals surface area contributed by atoms with Crippen LogP contribution in [-0.4, -0.2) is 28.6 Å². The molecule has 0 saturated carbocycles. The number of carbonyl (C=O) groups excluding carboxylic acids is 1. The van der Waals surface area contributed by atoms with E-state index in [0.29, 0.717) is 18.8 Å². The molecule has 1 aromatic carbocycles. The molecule has 0 aliphatic heterocycles. The first-order chi connectivity index (χ1) is 11.0. The van der Waals surface area contributed by atoms with E-state index in [1.54, 1.807) is 0 Å². The molecule has 0 saturated heterocycles. The predicted molar refractivity (Wildman–Crippen MR) is 99.6 cm³/mol. The Morgan fingerprint density at radius 3 is 2.17 bits per heavy atom. The van der Waals surface area contributed by atoms with E-state index >= 15 is 0 Å². The van der Waals surface area contributed by atoms with Crippen LogP contribution in [0.3, 0.4) is 0 Å². The summed E-state index contributed by atoms with van der Waals surface area (Å²) in [5.41, 5.74) is 11.8. The zero-order valence-electron chi connectivity index (χ0n) is 15.8. The van der Waals surface area contributed by atoms with E-state index in [4.69, 9.17) is 11.5 Å². The second kappa shape index (κ2) is 8.24. The van der Waals surface area contributed by atoms with Gasteiger partial charge in [0.05, 0.1) is 6.10 Å². The fourth-order valence-corrected chi connectivity index (χ4v) is 3.00. The van der Waals surface area contributed by atoms with Gasteiger partial charge in [-0.15, -0.1) is 0 Å². The van der Waals surface area contributed by atoms with E-state index in [2.05, 4.69) is 13.8 Å². The maximum absolute atomic E-state index is 13.0. The van der Waals surface area contributed by atoms with Crippen molar-refractivity contribution in [2.75, 3.05) is 0 Å². The van der Waals surface area contributed by atoms with Gasteiger partial charge in [-0.25, -0.2) is 0 Å². The second-order valence-corrected chi connectivity index (χ2v) is 8.35. The van der Waals surface area contributed by atoms with Gasteiger partial charge in [0.25, 0.3) is 0 Å². The molecule has 0 fully saturated rings. The minimum Gasteiger partial charge on any atom is -0.389 e. The summed E-state index contributed by atoms with van der Waals surface area (Å²) in [6.07, 6.45) is 0.612. The van der Waals surface area contributed by atoms with Crippen molar-refractivity contribution in [1.82, 2.24) is 0 Å². The molecule has 0 aliphatic carbocycles. The van der Waals surface area contributed by atoms with E-state index in [1.165, 1.54) is 0 Å². The summed E-state index contributed by atoms with van der Waals surface area (Å²) in [5, 5.41) is 10.9. The van der Waals surface area contributed by atoms with Crippen molar-refractivity contribution < 1.29 is 9.90 Å². The number of aliphatic hydroxyl groups is 1. The van der Waals surface area contributed by atoms with Crippen molar-refractivity contribution in [3.05, 3.63) is 35.9 Å². The highest BCUT2D eigenvalue weighted by atomic mass is 16.3. The molecule has 0 bridgehead atoms. The number of ketones is 1. The van der Waals surface area contributed by atoms with Gasteiger partial charge in [0, 0.05) is 11.5 Å². The molecule has 1 aromatic rings. The molecule has 0 aliphatic rings. The van der Waals surface area contributed by atoms with E-state index in [0.717, 1.165) is 12.0 Å². The first kappa shape index (κ1) is 20.8. The van der Waals surface area contributed by atoms with E-state index in [1.807, 2.05) is 51.1 Å². The van der Waals surface area contributed by atoms with Crippen LogP contribution < -0.4 is 11.5 Å². The van der Waals surface area contributed by atoms with Crippen LogP contribution in [0.25, 0.3) is 0 Å². The molecule has 4 heteroatoms.